The van der Waals surface area contributed by atoms with E-state index in [4.69, 9.17) is 16.3 Å². The van der Waals surface area contributed by atoms with Crippen molar-refractivity contribution in [2.45, 2.75) is 74.1 Å². The van der Waals surface area contributed by atoms with Gasteiger partial charge in [-0.1, -0.05) is 65.5 Å². The van der Waals surface area contributed by atoms with E-state index >= 15 is 0 Å². The maximum Gasteiger partial charge on any atom is 0.127 e. The summed E-state index contributed by atoms with van der Waals surface area (Å²) in [5, 5.41) is 7.00. The molecule has 3 heteroatoms. The molecule has 0 aliphatic heterocycles. The van der Waals surface area contributed by atoms with E-state index in [0.29, 0.717) is 25.4 Å². The summed E-state index contributed by atoms with van der Waals surface area (Å²) >= 11 is 0. The molecule has 1 N–H and O–H groups in total. The molecule has 2 rings (SSSR count). The van der Waals surface area contributed by atoms with Gasteiger partial charge in [0.05, 0.1) is 6.61 Å². The van der Waals surface area contributed by atoms with E-state index in [2.05, 4.69) is 44.6 Å². The van der Waals surface area contributed by atoms with Crippen LogP contribution in [0.1, 0.15) is 87.8 Å². The number of benzene rings is 2. The van der Waals surface area contributed by atoms with Crippen LogP contribution in [0.5, 0.6) is 5.75 Å². The van der Waals surface area contributed by atoms with Crippen LogP contribution in [0, 0.1) is 31.1 Å². The van der Waals surface area contributed by atoms with Gasteiger partial charge in [0.15, 0.2) is 0 Å². The van der Waals surface area contributed by atoms with Gasteiger partial charge in [-0.05, 0) is 54.7 Å². The van der Waals surface area contributed by atoms with E-state index in [9.17, 15) is 4.79 Å². The lowest BCUT2D eigenvalue weighted by atomic mass is 9.90. The molecule has 0 fully saturated rings. The van der Waals surface area contributed by atoms with E-state index in [1.807, 2.05) is 58.9 Å². The molecule has 2 aromatic rings. The third kappa shape index (κ3) is 10.4. The largest absolute Gasteiger partial charge is 0.493 e. The standard InChI is InChI=1S/C25H26O2.2C2H6.CH4O/c1-6-8-23-19(5)22(17-24(18(3)4)25(23)27-7-2)14-13-20-9-11-21(12-10-20)15-16-26;3*1-2/h1,9-12,16-18H,7-8,15H2,2-5H3;2*1-2H3;2H,1H3. The fraction of sp³-hybridized carbons (Fsp3) is 0.433. The molecule has 0 saturated carbocycles. The van der Waals surface area contributed by atoms with Crippen molar-refractivity contribution in [2.75, 3.05) is 13.7 Å². The first-order chi connectivity index (χ1) is 16.0. The summed E-state index contributed by atoms with van der Waals surface area (Å²) in [6, 6.07) is 9.89. The summed E-state index contributed by atoms with van der Waals surface area (Å²) in [5.41, 5.74) is 6.15. The Hall–Kier alpha value is -3.01. The number of ether oxygens (including phenoxy) is 1. The highest BCUT2D eigenvalue weighted by molar-refractivity contribution is 5.59. The van der Waals surface area contributed by atoms with Crippen LogP contribution in [0.4, 0.5) is 0 Å². The second-order valence-corrected chi connectivity index (χ2v) is 6.73. The molecule has 0 bridgehead atoms. The average molecular weight is 451 g/mol. The van der Waals surface area contributed by atoms with Crippen LogP contribution in [0.3, 0.4) is 0 Å². The number of hydrogen-bond donors (Lipinski definition) is 1. The fourth-order valence-corrected chi connectivity index (χ4v) is 2.98. The topological polar surface area (TPSA) is 46.5 Å². The molecule has 0 aliphatic carbocycles. The lowest BCUT2D eigenvalue weighted by molar-refractivity contribution is -0.107. The van der Waals surface area contributed by atoms with Crippen LogP contribution in [-0.4, -0.2) is 25.1 Å². The smallest absolute Gasteiger partial charge is 0.127 e. The predicted molar refractivity (Wildman–Crippen MR) is 142 cm³/mol. The maximum atomic E-state index is 10.6. The van der Waals surface area contributed by atoms with Crippen LogP contribution in [0.25, 0.3) is 0 Å². The summed E-state index contributed by atoms with van der Waals surface area (Å²) in [6.45, 7) is 16.9. The Balaban J connectivity index is 0. The van der Waals surface area contributed by atoms with Gasteiger partial charge in [-0.3, -0.25) is 0 Å². The normalized spacial score (nSPS) is 8.79. The molecular weight excluding hydrogens is 408 g/mol. The zero-order valence-electron chi connectivity index (χ0n) is 22.0. The lowest BCUT2D eigenvalue weighted by Crippen LogP contribution is -2.06. The molecule has 0 aliphatic rings. The van der Waals surface area contributed by atoms with Gasteiger partial charge in [-0.25, -0.2) is 0 Å². The lowest BCUT2D eigenvalue weighted by Gasteiger charge is -2.20. The fourth-order valence-electron chi connectivity index (χ4n) is 2.98. The van der Waals surface area contributed by atoms with Crippen molar-refractivity contribution in [3.05, 3.63) is 63.7 Å². The predicted octanol–water partition coefficient (Wildman–Crippen LogP) is 6.49. The Morgan fingerprint density at radius 2 is 1.64 bits per heavy atom. The van der Waals surface area contributed by atoms with Gasteiger partial charge in [0.2, 0.25) is 0 Å². The zero-order chi connectivity index (χ0) is 25.8. The van der Waals surface area contributed by atoms with Gasteiger partial charge < -0.3 is 14.6 Å². The van der Waals surface area contributed by atoms with Gasteiger partial charge in [-0.15, -0.1) is 12.3 Å². The molecule has 0 saturated heterocycles. The van der Waals surface area contributed by atoms with Crippen molar-refractivity contribution in [1.82, 2.24) is 0 Å². The van der Waals surface area contributed by atoms with Crippen LogP contribution >= 0.6 is 0 Å². The van der Waals surface area contributed by atoms with E-state index in [1.165, 1.54) is 0 Å². The van der Waals surface area contributed by atoms with Gasteiger partial charge in [0, 0.05) is 36.6 Å². The molecule has 0 amide bonds. The molecule has 0 spiro atoms. The summed E-state index contributed by atoms with van der Waals surface area (Å²) < 4.78 is 5.94. The average Bonchev–Trinajstić information content (AvgIpc) is 2.85. The first-order valence-electron chi connectivity index (χ1n) is 11.7. The second kappa shape index (κ2) is 19.7. The third-order valence-electron chi connectivity index (χ3n) is 4.50. The second-order valence-electron chi connectivity index (χ2n) is 6.73. The number of rotatable bonds is 6. The molecule has 0 unspecified atom stereocenters. The SMILES string of the molecule is C#CCc1c(C)c(C#Cc2ccc(CC=O)cc2)cc(C(C)C)c1OCC.CC.CC.CO. The zero-order valence-corrected chi connectivity index (χ0v) is 22.0. The maximum absolute atomic E-state index is 10.6. The van der Waals surface area contributed by atoms with E-state index in [0.717, 1.165) is 52.5 Å². The molecule has 180 valence electrons. The highest BCUT2D eigenvalue weighted by Crippen LogP contribution is 2.35. The number of carbonyl (C=O) groups is 1. The minimum atomic E-state index is 0.312. The Bertz CT molecular complexity index is 905. The molecule has 0 atom stereocenters. The number of aliphatic hydroxyl groups is 1. The Kier molecular flexibility index (Phi) is 19.2. The molecular formula is C30H42O3. The Labute approximate surface area is 202 Å². The molecule has 0 aromatic heterocycles. The summed E-state index contributed by atoms with van der Waals surface area (Å²) in [5.74, 6) is 10.5. The van der Waals surface area contributed by atoms with Crippen LogP contribution in [0.2, 0.25) is 0 Å². The minimum absolute atomic E-state index is 0.312. The molecule has 0 heterocycles. The van der Waals surface area contributed by atoms with Gasteiger partial charge in [-0.2, -0.15) is 0 Å². The molecule has 2 aromatic carbocycles. The van der Waals surface area contributed by atoms with E-state index < -0.39 is 0 Å². The summed E-state index contributed by atoms with van der Waals surface area (Å²) in [7, 11) is 1.00. The van der Waals surface area contributed by atoms with Gasteiger partial charge in [0.25, 0.3) is 0 Å². The highest BCUT2D eigenvalue weighted by atomic mass is 16.5. The number of aldehydes is 1. The van der Waals surface area contributed by atoms with E-state index in [-0.39, 0.29) is 0 Å². The van der Waals surface area contributed by atoms with Crippen molar-refractivity contribution in [3.8, 4) is 29.9 Å². The van der Waals surface area contributed by atoms with Crippen molar-refractivity contribution < 1.29 is 14.6 Å². The Morgan fingerprint density at radius 1 is 1.06 bits per heavy atom. The van der Waals surface area contributed by atoms with Gasteiger partial charge >= 0.3 is 0 Å². The first kappa shape index (κ1) is 32.2. The van der Waals surface area contributed by atoms with Crippen molar-refractivity contribution in [2.24, 2.45) is 0 Å². The third-order valence-corrected chi connectivity index (χ3v) is 4.50. The van der Waals surface area contributed by atoms with Crippen molar-refractivity contribution in [1.29, 1.82) is 0 Å². The molecule has 33 heavy (non-hydrogen) atoms. The Morgan fingerprint density at radius 3 is 2.09 bits per heavy atom. The van der Waals surface area contributed by atoms with Crippen LogP contribution < -0.4 is 4.74 Å². The van der Waals surface area contributed by atoms with Crippen molar-refractivity contribution >= 4 is 6.29 Å². The molecule has 0 radical (unpaired) electrons. The number of hydrogen-bond acceptors (Lipinski definition) is 3. The number of aliphatic hydroxyl groups excluding tert-OH is 1. The monoisotopic (exact) mass is 450 g/mol. The van der Waals surface area contributed by atoms with Gasteiger partial charge in [0.1, 0.15) is 12.0 Å². The molecule has 3 nitrogen and oxygen atoms in total. The number of terminal acetylenes is 1. The first-order valence-corrected chi connectivity index (χ1v) is 11.7. The highest BCUT2D eigenvalue weighted by Gasteiger charge is 2.17. The summed E-state index contributed by atoms with van der Waals surface area (Å²) in [4.78, 5) is 10.6. The van der Waals surface area contributed by atoms with E-state index in [1.54, 1.807) is 0 Å². The summed E-state index contributed by atoms with van der Waals surface area (Å²) in [6.07, 6.45) is 7.47. The van der Waals surface area contributed by atoms with Crippen LogP contribution in [-0.2, 0) is 17.6 Å². The number of carbonyl (C=O) groups excluding carboxylic acids is 1. The quantitative estimate of drug-likeness (QED) is 0.404. The minimum Gasteiger partial charge on any atom is -0.493 e. The van der Waals surface area contributed by atoms with Crippen LogP contribution in [0.15, 0.2) is 30.3 Å². The van der Waals surface area contributed by atoms with Crippen molar-refractivity contribution in [3.63, 3.8) is 0 Å².